The zero-order valence-corrected chi connectivity index (χ0v) is 18.7. The van der Waals surface area contributed by atoms with Gasteiger partial charge in [-0.3, -0.25) is 4.79 Å². The predicted octanol–water partition coefficient (Wildman–Crippen LogP) is 4.20. The van der Waals surface area contributed by atoms with Gasteiger partial charge in [-0.05, 0) is 71.1 Å². The Kier molecular flexibility index (Phi) is 4.94. The number of halogens is 1. The van der Waals surface area contributed by atoms with Crippen LogP contribution in [0.1, 0.15) is 33.1 Å². The molecule has 0 atom stereocenters. The highest BCUT2D eigenvalue weighted by Gasteiger charge is 2.23. The summed E-state index contributed by atoms with van der Waals surface area (Å²) in [5.74, 6) is 0.777. The molecule has 0 aliphatic heterocycles. The molecule has 1 aliphatic carbocycles. The van der Waals surface area contributed by atoms with Crippen LogP contribution in [-0.4, -0.2) is 31.9 Å². The molecule has 4 aromatic rings. The molecule has 156 valence electrons. The summed E-state index contributed by atoms with van der Waals surface area (Å²) in [5.41, 5.74) is 5.57. The first-order chi connectivity index (χ1) is 15.0. The van der Waals surface area contributed by atoms with E-state index in [4.69, 9.17) is 4.42 Å². The van der Waals surface area contributed by atoms with Crippen LogP contribution in [0.3, 0.4) is 0 Å². The minimum absolute atomic E-state index is 0.0650. The van der Waals surface area contributed by atoms with Gasteiger partial charge in [-0.1, -0.05) is 24.3 Å². The van der Waals surface area contributed by atoms with E-state index >= 15 is 0 Å². The van der Waals surface area contributed by atoms with Crippen molar-refractivity contribution in [1.29, 1.82) is 0 Å². The molecule has 0 fully saturated rings. The zero-order valence-electron chi connectivity index (χ0n) is 17.1. The number of aromatic nitrogens is 4. The molecule has 2 aromatic heterocycles. The van der Waals surface area contributed by atoms with E-state index in [0.717, 1.165) is 28.7 Å². The Morgan fingerprint density at radius 2 is 1.74 bits per heavy atom. The Labute approximate surface area is 187 Å². The normalized spacial score (nSPS) is 13.4. The summed E-state index contributed by atoms with van der Waals surface area (Å²) in [5, 5.41) is 15.7. The summed E-state index contributed by atoms with van der Waals surface area (Å²) >= 11 is 3.57. The van der Waals surface area contributed by atoms with E-state index in [1.165, 1.54) is 11.1 Å². The lowest BCUT2D eigenvalue weighted by atomic mass is 10.1. The highest BCUT2D eigenvalue weighted by atomic mass is 79.9. The van der Waals surface area contributed by atoms with Crippen LogP contribution in [0.15, 0.2) is 57.4 Å². The molecule has 1 N–H and O–H groups in total. The van der Waals surface area contributed by atoms with Gasteiger partial charge in [0.1, 0.15) is 0 Å². The van der Waals surface area contributed by atoms with E-state index < -0.39 is 0 Å². The molecule has 0 radical (unpaired) electrons. The largest absolute Gasteiger partial charge is 0.420 e. The van der Waals surface area contributed by atoms with Gasteiger partial charge in [0.2, 0.25) is 5.89 Å². The molecule has 2 aromatic carbocycles. The van der Waals surface area contributed by atoms with Crippen molar-refractivity contribution in [2.24, 2.45) is 0 Å². The summed E-state index contributed by atoms with van der Waals surface area (Å²) < 4.78 is 8.09. The lowest BCUT2D eigenvalue weighted by Crippen LogP contribution is -2.35. The van der Waals surface area contributed by atoms with Gasteiger partial charge in [0.15, 0.2) is 5.69 Å². The topological polar surface area (TPSA) is 85.8 Å². The molecule has 0 spiro atoms. The molecule has 1 aliphatic rings. The second-order valence-corrected chi connectivity index (χ2v) is 8.47. The third kappa shape index (κ3) is 3.67. The minimum atomic E-state index is -0.0650. The number of amides is 1. The van der Waals surface area contributed by atoms with Crippen molar-refractivity contribution >= 4 is 21.8 Å². The van der Waals surface area contributed by atoms with Gasteiger partial charge < -0.3 is 9.73 Å². The molecule has 5 rings (SSSR count). The summed E-state index contributed by atoms with van der Waals surface area (Å²) in [4.78, 5) is 12.7. The van der Waals surface area contributed by atoms with E-state index in [-0.39, 0.29) is 11.9 Å². The second kappa shape index (κ2) is 7.77. The standard InChI is InChI=1S/C23H20BrN5O2/c1-13-20(24)21(23-27-26-14(2)31-23)28-29(13)19-9-7-15(8-10-19)22(30)25-18-11-16-5-3-4-6-17(16)12-18/h3-10,18H,11-12H2,1-2H3,(H,25,30). The molecule has 31 heavy (non-hydrogen) atoms. The number of nitrogens with zero attached hydrogens (tertiary/aromatic N) is 4. The Morgan fingerprint density at radius 1 is 1.06 bits per heavy atom. The number of hydrogen-bond acceptors (Lipinski definition) is 5. The Bertz CT molecular complexity index is 1250. The number of nitrogens with one attached hydrogen (secondary N) is 1. The fraction of sp³-hybridized carbons (Fsp3) is 0.217. The van der Waals surface area contributed by atoms with Crippen LogP contribution in [0.5, 0.6) is 0 Å². The number of hydrogen-bond donors (Lipinski definition) is 1. The number of benzene rings is 2. The monoisotopic (exact) mass is 477 g/mol. The highest BCUT2D eigenvalue weighted by Crippen LogP contribution is 2.31. The quantitative estimate of drug-likeness (QED) is 0.475. The Morgan fingerprint density at radius 3 is 2.35 bits per heavy atom. The first kappa shape index (κ1) is 19.7. The maximum absolute atomic E-state index is 12.7. The van der Waals surface area contributed by atoms with E-state index in [0.29, 0.717) is 23.0 Å². The van der Waals surface area contributed by atoms with Crippen molar-refractivity contribution in [2.75, 3.05) is 0 Å². The van der Waals surface area contributed by atoms with Gasteiger partial charge in [0.05, 0.1) is 15.9 Å². The number of aryl methyl sites for hydroxylation is 1. The first-order valence-corrected chi connectivity index (χ1v) is 10.8. The van der Waals surface area contributed by atoms with E-state index in [1.54, 1.807) is 11.6 Å². The summed E-state index contributed by atoms with van der Waals surface area (Å²) in [7, 11) is 0. The molecular weight excluding hydrogens is 458 g/mol. The van der Waals surface area contributed by atoms with Crippen molar-refractivity contribution in [1.82, 2.24) is 25.3 Å². The van der Waals surface area contributed by atoms with Gasteiger partial charge in [-0.15, -0.1) is 10.2 Å². The van der Waals surface area contributed by atoms with Crippen molar-refractivity contribution in [2.45, 2.75) is 32.7 Å². The average Bonchev–Trinajstić information content (AvgIpc) is 3.46. The lowest BCUT2D eigenvalue weighted by Gasteiger charge is -2.12. The average molecular weight is 478 g/mol. The van der Waals surface area contributed by atoms with Gasteiger partial charge in [0, 0.05) is 18.5 Å². The third-order valence-corrected chi connectivity index (χ3v) is 6.48. The van der Waals surface area contributed by atoms with Crippen LogP contribution in [0, 0.1) is 13.8 Å². The predicted molar refractivity (Wildman–Crippen MR) is 119 cm³/mol. The molecule has 0 saturated carbocycles. The number of carbonyl (C=O) groups is 1. The Hall–Kier alpha value is -3.26. The molecule has 1 amide bonds. The first-order valence-electron chi connectivity index (χ1n) is 10.0. The molecule has 0 bridgehead atoms. The summed E-state index contributed by atoms with van der Waals surface area (Å²) in [6.07, 6.45) is 1.75. The number of carbonyl (C=O) groups excluding carboxylic acids is 1. The maximum atomic E-state index is 12.7. The smallest absolute Gasteiger partial charge is 0.269 e. The minimum Gasteiger partial charge on any atom is -0.420 e. The van der Waals surface area contributed by atoms with Gasteiger partial charge in [-0.2, -0.15) is 5.10 Å². The van der Waals surface area contributed by atoms with Crippen LogP contribution in [0.25, 0.3) is 17.3 Å². The molecule has 2 heterocycles. The molecule has 7 nitrogen and oxygen atoms in total. The van der Waals surface area contributed by atoms with Crippen molar-refractivity contribution in [3.05, 3.63) is 81.3 Å². The van der Waals surface area contributed by atoms with Crippen LogP contribution in [-0.2, 0) is 12.8 Å². The molecule has 0 unspecified atom stereocenters. The van der Waals surface area contributed by atoms with E-state index in [2.05, 4.69) is 48.7 Å². The third-order valence-electron chi connectivity index (χ3n) is 5.53. The fourth-order valence-corrected chi connectivity index (χ4v) is 4.36. The van der Waals surface area contributed by atoms with Crippen LogP contribution < -0.4 is 5.32 Å². The summed E-state index contributed by atoms with van der Waals surface area (Å²) in [6.45, 7) is 3.68. The molecule has 0 saturated heterocycles. The van der Waals surface area contributed by atoms with Crippen LogP contribution in [0.2, 0.25) is 0 Å². The van der Waals surface area contributed by atoms with E-state index in [1.807, 2.05) is 43.3 Å². The van der Waals surface area contributed by atoms with Crippen molar-refractivity contribution in [3.63, 3.8) is 0 Å². The molecule has 8 heteroatoms. The SMILES string of the molecule is Cc1nnc(-c2nn(-c3ccc(C(=O)NC4Cc5ccccc5C4)cc3)c(C)c2Br)o1. The number of rotatable bonds is 4. The van der Waals surface area contributed by atoms with Gasteiger partial charge >= 0.3 is 0 Å². The van der Waals surface area contributed by atoms with E-state index in [9.17, 15) is 4.79 Å². The summed E-state index contributed by atoms with van der Waals surface area (Å²) in [6, 6.07) is 15.9. The van der Waals surface area contributed by atoms with Crippen molar-refractivity contribution in [3.8, 4) is 17.3 Å². The highest BCUT2D eigenvalue weighted by molar-refractivity contribution is 9.10. The van der Waals surface area contributed by atoms with Crippen LogP contribution in [0.4, 0.5) is 0 Å². The maximum Gasteiger partial charge on any atom is 0.269 e. The van der Waals surface area contributed by atoms with Crippen LogP contribution >= 0.6 is 15.9 Å². The fourth-order valence-electron chi connectivity index (χ4n) is 3.95. The van der Waals surface area contributed by atoms with Crippen molar-refractivity contribution < 1.29 is 9.21 Å². The number of fused-ring (bicyclic) bond motifs is 1. The van der Waals surface area contributed by atoms with Gasteiger partial charge in [0.25, 0.3) is 11.8 Å². The molecular formula is C23H20BrN5O2. The Balaban J connectivity index is 1.33. The van der Waals surface area contributed by atoms with Gasteiger partial charge in [-0.25, -0.2) is 4.68 Å². The lowest BCUT2D eigenvalue weighted by molar-refractivity contribution is 0.0938. The second-order valence-electron chi connectivity index (χ2n) is 7.68. The zero-order chi connectivity index (χ0) is 21.5.